The van der Waals surface area contributed by atoms with E-state index >= 15 is 0 Å². The number of aromatic nitrogens is 2. The molecule has 2 aromatic carbocycles. The van der Waals surface area contributed by atoms with Crippen molar-refractivity contribution in [2.75, 3.05) is 23.8 Å². The van der Waals surface area contributed by atoms with E-state index in [1.54, 1.807) is 6.20 Å². The van der Waals surface area contributed by atoms with E-state index in [1.807, 2.05) is 24.3 Å². The minimum absolute atomic E-state index is 0.0695. The maximum atomic E-state index is 14.1. The van der Waals surface area contributed by atoms with E-state index in [2.05, 4.69) is 14.7 Å². The number of hydrogen-bond donors (Lipinski definition) is 4. The quantitative estimate of drug-likeness (QED) is 0.271. The maximum Gasteiger partial charge on any atom is 0.273 e. The van der Waals surface area contributed by atoms with Gasteiger partial charge in [0, 0.05) is 41.5 Å². The Kier molecular flexibility index (Phi) is 7.07. The van der Waals surface area contributed by atoms with Crippen LogP contribution in [0, 0.1) is 5.82 Å². The van der Waals surface area contributed by atoms with E-state index in [1.165, 1.54) is 29.2 Å². The second-order valence-electron chi connectivity index (χ2n) is 8.86. The number of halogens is 1. The molecule has 0 radical (unpaired) electrons. The van der Waals surface area contributed by atoms with Crippen LogP contribution in [0.15, 0.2) is 54.7 Å². The van der Waals surface area contributed by atoms with Crippen LogP contribution < -0.4 is 21.7 Å². The molecule has 12 heteroatoms. The predicted molar refractivity (Wildman–Crippen MR) is 141 cm³/mol. The molecule has 1 aliphatic heterocycles. The zero-order chi connectivity index (χ0) is 26.8. The number of ether oxygens (including phenoxy) is 1. The molecular weight excluding hydrogens is 511 g/mol. The lowest BCUT2D eigenvalue weighted by Crippen LogP contribution is -2.45. The Labute approximate surface area is 220 Å². The van der Waals surface area contributed by atoms with Crippen molar-refractivity contribution in [1.29, 1.82) is 0 Å². The third-order valence-corrected chi connectivity index (χ3v) is 7.28. The highest BCUT2D eigenvalue weighted by atomic mass is 32.1. The molecular formula is C26H25FN6O4S. The third-order valence-electron chi connectivity index (χ3n) is 6.43. The van der Waals surface area contributed by atoms with Gasteiger partial charge in [0.15, 0.2) is 5.69 Å². The molecule has 0 bridgehead atoms. The minimum Gasteiger partial charge on any atom is -0.395 e. The predicted octanol–water partition coefficient (Wildman–Crippen LogP) is 3.13. The SMILES string of the molecule is NC(=O)c1nsc(C(=O)N(c2ccc(F)cc2)[C@@H](C(=O)NC[C@@H]2CCCO2)c2c[nH]c3ccccc23)c1N. The van der Waals surface area contributed by atoms with Gasteiger partial charge in [0.25, 0.3) is 11.8 Å². The van der Waals surface area contributed by atoms with Crippen molar-refractivity contribution >= 4 is 51.5 Å². The van der Waals surface area contributed by atoms with Gasteiger partial charge in [-0.2, -0.15) is 4.37 Å². The Hall–Kier alpha value is -4.29. The molecule has 38 heavy (non-hydrogen) atoms. The summed E-state index contributed by atoms with van der Waals surface area (Å²) in [5.74, 6) is -2.56. The van der Waals surface area contributed by atoms with Crippen LogP contribution in [0.25, 0.3) is 10.9 Å². The minimum atomic E-state index is -1.19. The van der Waals surface area contributed by atoms with Gasteiger partial charge in [-0.15, -0.1) is 0 Å². The maximum absolute atomic E-state index is 14.1. The summed E-state index contributed by atoms with van der Waals surface area (Å²) in [7, 11) is 0. The average molecular weight is 537 g/mol. The smallest absolute Gasteiger partial charge is 0.273 e. The summed E-state index contributed by atoms with van der Waals surface area (Å²) in [6.45, 7) is 0.886. The Balaban J connectivity index is 1.64. The molecule has 0 aliphatic carbocycles. The van der Waals surface area contributed by atoms with Gasteiger partial charge in [0.2, 0.25) is 5.91 Å². The molecule has 0 spiro atoms. The first-order valence-electron chi connectivity index (χ1n) is 11.9. The zero-order valence-electron chi connectivity index (χ0n) is 20.1. The summed E-state index contributed by atoms with van der Waals surface area (Å²) in [4.78, 5) is 44.0. The largest absolute Gasteiger partial charge is 0.395 e. The molecule has 0 unspecified atom stereocenters. The number of para-hydroxylation sites is 1. The molecule has 2 atom stereocenters. The van der Waals surface area contributed by atoms with E-state index in [4.69, 9.17) is 16.2 Å². The number of nitrogens with two attached hydrogens (primary N) is 2. The van der Waals surface area contributed by atoms with Crippen LogP contribution in [-0.2, 0) is 9.53 Å². The number of fused-ring (bicyclic) bond motifs is 1. The molecule has 1 fully saturated rings. The highest BCUT2D eigenvalue weighted by Crippen LogP contribution is 2.36. The second-order valence-corrected chi connectivity index (χ2v) is 9.64. The number of carbonyl (C=O) groups is 3. The summed E-state index contributed by atoms with van der Waals surface area (Å²) in [5.41, 5.74) is 12.6. The molecule has 10 nitrogen and oxygen atoms in total. The van der Waals surface area contributed by atoms with Crippen molar-refractivity contribution in [1.82, 2.24) is 14.7 Å². The lowest BCUT2D eigenvalue weighted by atomic mass is 10.0. The standard InChI is InChI=1S/C26H25FN6O4S/c27-14-7-9-15(10-8-14)33(26(36)23-20(28)21(24(29)34)32-38-23)22(25(35)31-12-16-4-3-11-37-16)18-13-30-19-6-2-1-5-17(18)19/h1-2,5-10,13,16,22,30H,3-4,11-12,28H2,(H2,29,34)(H,31,35)/t16-,22+/m0/s1. The second kappa shape index (κ2) is 10.6. The van der Waals surface area contributed by atoms with Crippen LogP contribution in [-0.4, -0.2) is 46.3 Å². The van der Waals surface area contributed by atoms with Gasteiger partial charge in [-0.1, -0.05) is 18.2 Å². The summed E-state index contributed by atoms with van der Waals surface area (Å²) in [5, 5.41) is 3.64. The molecule has 2 aromatic heterocycles. The monoisotopic (exact) mass is 536 g/mol. The van der Waals surface area contributed by atoms with Crippen molar-refractivity contribution in [3.63, 3.8) is 0 Å². The molecule has 5 rings (SSSR count). The zero-order valence-corrected chi connectivity index (χ0v) is 21.0. The van der Waals surface area contributed by atoms with Gasteiger partial charge in [-0.05, 0) is 54.7 Å². The average Bonchev–Trinajstić information content (AvgIpc) is 3.66. The molecule has 1 aliphatic rings. The molecule has 4 aromatic rings. The van der Waals surface area contributed by atoms with Crippen LogP contribution in [0.4, 0.5) is 15.8 Å². The third kappa shape index (κ3) is 4.83. The van der Waals surface area contributed by atoms with Gasteiger partial charge in [-0.25, -0.2) is 4.39 Å². The molecule has 3 heterocycles. The first-order valence-corrected chi connectivity index (χ1v) is 12.7. The Morgan fingerprint density at radius 3 is 2.66 bits per heavy atom. The van der Waals surface area contributed by atoms with Gasteiger partial charge in [0.05, 0.1) is 11.8 Å². The number of hydrogen-bond acceptors (Lipinski definition) is 7. The highest BCUT2D eigenvalue weighted by Gasteiger charge is 2.37. The van der Waals surface area contributed by atoms with E-state index in [0.717, 1.165) is 23.7 Å². The first kappa shape index (κ1) is 25.4. The Morgan fingerprint density at radius 2 is 1.97 bits per heavy atom. The van der Waals surface area contributed by atoms with Crippen molar-refractivity contribution in [3.05, 3.63) is 76.7 Å². The number of amides is 3. The Morgan fingerprint density at radius 1 is 1.21 bits per heavy atom. The van der Waals surface area contributed by atoms with Crippen LogP contribution in [0.3, 0.4) is 0 Å². The highest BCUT2D eigenvalue weighted by molar-refractivity contribution is 7.09. The summed E-state index contributed by atoms with van der Waals surface area (Å²) < 4.78 is 23.5. The normalized spacial score (nSPS) is 15.9. The number of carbonyl (C=O) groups excluding carboxylic acids is 3. The van der Waals surface area contributed by atoms with Crippen molar-refractivity contribution in [2.45, 2.75) is 25.0 Å². The van der Waals surface area contributed by atoms with Gasteiger partial charge >= 0.3 is 0 Å². The fourth-order valence-corrected chi connectivity index (χ4v) is 5.30. The molecule has 0 saturated carbocycles. The fraction of sp³-hybridized carbons (Fsp3) is 0.231. The van der Waals surface area contributed by atoms with E-state index < -0.39 is 29.6 Å². The summed E-state index contributed by atoms with van der Waals surface area (Å²) in [6, 6.07) is 11.3. The topological polar surface area (TPSA) is 156 Å². The van der Waals surface area contributed by atoms with Crippen LogP contribution in [0.1, 0.15) is 44.6 Å². The van der Waals surface area contributed by atoms with Gasteiger partial charge in [0.1, 0.15) is 16.7 Å². The lowest BCUT2D eigenvalue weighted by molar-refractivity contribution is -0.123. The van der Waals surface area contributed by atoms with Crippen molar-refractivity contribution < 1.29 is 23.5 Å². The molecule has 6 N–H and O–H groups in total. The number of H-pyrrole nitrogens is 1. The summed E-state index contributed by atoms with van der Waals surface area (Å²) >= 11 is 0.702. The van der Waals surface area contributed by atoms with Crippen molar-refractivity contribution in [3.8, 4) is 0 Å². The fourth-order valence-electron chi connectivity index (χ4n) is 4.56. The van der Waals surface area contributed by atoms with Crippen LogP contribution in [0.5, 0.6) is 0 Å². The molecule has 3 amide bonds. The van der Waals surface area contributed by atoms with Crippen LogP contribution in [0.2, 0.25) is 0 Å². The van der Waals surface area contributed by atoms with Crippen LogP contribution >= 0.6 is 11.5 Å². The van der Waals surface area contributed by atoms with Gasteiger partial charge < -0.3 is 26.5 Å². The number of nitrogens with one attached hydrogen (secondary N) is 2. The van der Waals surface area contributed by atoms with E-state index in [-0.39, 0.29) is 34.6 Å². The number of nitrogen functional groups attached to an aromatic ring is 1. The summed E-state index contributed by atoms with van der Waals surface area (Å²) in [6.07, 6.45) is 3.24. The first-order chi connectivity index (χ1) is 18.3. The Bertz CT molecular complexity index is 1500. The number of nitrogens with zero attached hydrogens (tertiary/aromatic N) is 2. The number of anilines is 2. The number of benzene rings is 2. The van der Waals surface area contributed by atoms with E-state index in [0.29, 0.717) is 23.7 Å². The lowest BCUT2D eigenvalue weighted by Gasteiger charge is -2.31. The van der Waals surface area contributed by atoms with Crippen molar-refractivity contribution in [2.24, 2.45) is 5.73 Å². The number of primary amides is 1. The number of rotatable bonds is 8. The molecule has 196 valence electrons. The van der Waals surface area contributed by atoms with E-state index in [9.17, 15) is 18.8 Å². The number of aromatic amines is 1. The molecule has 1 saturated heterocycles. The van der Waals surface area contributed by atoms with Gasteiger partial charge in [-0.3, -0.25) is 19.3 Å².